The van der Waals surface area contributed by atoms with Gasteiger partial charge in [-0.2, -0.15) is 5.10 Å². The van der Waals surface area contributed by atoms with Gasteiger partial charge >= 0.3 is 0 Å². The third kappa shape index (κ3) is 2.65. The molecule has 1 aromatic heterocycles. The van der Waals surface area contributed by atoms with E-state index in [0.717, 1.165) is 31.2 Å². The van der Waals surface area contributed by atoms with E-state index in [1.165, 1.54) is 15.7 Å². The molecule has 1 aliphatic carbocycles. The number of carbonyl (C=O) groups is 2. The first kappa shape index (κ1) is 16.2. The molecule has 0 radical (unpaired) electrons. The summed E-state index contributed by atoms with van der Waals surface area (Å²) in [6, 6.07) is 16.3. The van der Waals surface area contributed by atoms with Gasteiger partial charge in [0, 0.05) is 12.3 Å². The molecule has 0 unspecified atom stereocenters. The molecule has 5 rings (SSSR count). The Hall–Kier alpha value is -2.95. The standard InChI is InChI=1S/C22H21N3O2/c26-21-18-10-3-4-11-19(18)22(27)25(21)20-12-13-24(23-20)14-16-8-5-7-15-6-1-2-9-17(15)16/h1-2,5-9,12-13,18-19H,3-4,10-11,14H2/t18-,19-/m0/s1. The highest BCUT2D eigenvalue weighted by Crippen LogP contribution is 2.39. The summed E-state index contributed by atoms with van der Waals surface area (Å²) in [7, 11) is 0. The highest BCUT2D eigenvalue weighted by molar-refractivity contribution is 6.21. The predicted octanol–water partition coefficient (Wildman–Crippen LogP) is 3.76. The lowest BCUT2D eigenvalue weighted by Gasteiger charge is -2.19. The van der Waals surface area contributed by atoms with Crippen molar-refractivity contribution in [1.29, 1.82) is 0 Å². The molecule has 5 heteroatoms. The van der Waals surface area contributed by atoms with Crippen molar-refractivity contribution in [3.05, 3.63) is 60.3 Å². The molecule has 2 aromatic carbocycles. The van der Waals surface area contributed by atoms with Gasteiger partial charge in [-0.3, -0.25) is 14.3 Å². The first-order valence-electron chi connectivity index (χ1n) is 9.60. The number of fused-ring (bicyclic) bond motifs is 2. The minimum Gasteiger partial charge on any atom is -0.274 e. The van der Waals surface area contributed by atoms with Gasteiger partial charge in [-0.05, 0) is 29.2 Å². The molecular formula is C22H21N3O2. The Kier molecular flexibility index (Phi) is 3.81. The summed E-state index contributed by atoms with van der Waals surface area (Å²) >= 11 is 0. The lowest BCUT2D eigenvalue weighted by molar-refractivity contribution is -0.122. The van der Waals surface area contributed by atoms with Crippen LogP contribution in [-0.2, 0) is 16.1 Å². The van der Waals surface area contributed by atoms with Gasteiger partial charge in [0.1, 0.15) is 0 Å². The number of anilines is 1. The van der Waals surface area contributed by atoms with Crippen LogP contribution in [0.1, 0.15) is 31.2 Å². The van der Waals surface area contributed by atoms with E-state index in [0.29, 0.717) is 12.4 Å². The van der Waals surface area contributed by atoms with Crippen LogP contribution in [-0.4, -0.2) is 21.6 Å². The molecule has 2 atom stereocenters. The first-order chi connectivity index (χ1) is 13.2. The van der Waals surface area contributed by atoms with E-state index in [1.807, 2.05) is 24.4 Å². The van der Waals surface area contributed by atoms with Gasteiger partial charge in [0.05, 0.1) is 18.4 Å². The Bertz CT molecular complexity index is 1010. The fraction of sp³-hybridized carbons (Fsp3) is 0.318. The van der Waals surface area contributed by atoms with Gasteiger partial charge < -0.3 is 0 Å². The smallest absolute Gasteiger partial charge is 0.238 e. The lowest BCUT2D eigenvalue weighted by atomic mass is 9.81. The van der Waals surface area contributed by atoms with Gasteiger partial charge in [-0.15, -0.1) is 0 Å². The van der Waals surface area contributed by atoms with Gasteiger partial charge in [0.25, 0.3) is 0 Å². The van der Waals surface area contributed by atoms with Gasteiger partial charge in [0.15, 0.2) is 5.82 Å². The number of imide groups is 1. The van der Waals surface area contributed by atoms with E-state index in [1.54, 1.807) is 10.7 Å². The molecule has 2 aliphatic rings. The average Bonchev–Trinajstić information content (AvgIpc) is 3.25. The molecule has 136 valence electrons. The molecular weight excluding hydrogens is 338 g/mol. The van der Waals surface area contributed by atoms with Crippen molar-refractivity contribution < 1.29 is 9.59 Å². The summed E-state index contributed by atoms with van der Waals surface area (Å²) in [4.78, 5) is 26.8. The van der Waals surface area contributed by atoms with Crippen LogP contribution < -0.4 is 4.90 Å². The fourth-order valence-electron chi connectivity index (χ4n) is 4.55. The summed E-state index contributed by atoms with van der Waals surface area (Å²) in [5.74, 6) is 0.0313. The normalized spacial score (nSPS) is 22.4. The Morgan fingerprint density at radius 2 is 1.59 bits per heavy atom. The van der Waals surface area contributed by atoms with E-state index < -0.39 is 0 Å². The second-order valence-electron chi connectivity index (χ2n) is 7.52. The van der Waals surface area contributed by atoms with Crippen LogP contribution in [0.25, 0.3) is 10.8 Å². The van der Waals surface area contributed by atoms with Crippen molar-refractivity contribution in [1.82, 2.24) is 9.78 Å². The summed E-state index contributed by atoms with van der Waals surface area (Å²) in [5, 5.41) is 6.94. The maximum atomic E-state index is 12.7. The van der Waals surface area contributed by atoms with Crippen LogP contribution in [0.5, 0.6) is 0 Å². The molecule has 2 heterocycles. The number of carbonyl (C=O) groups excluding carboxylic acids is 2. The molecule has 1 aliphatic heterocycles. The lowest BCUT2D eigenvalue weighted by Crippen LogP contribution is -2.31. The average molecular weight is 359 g/mol. The molecule has 0 N–H and O–H groups in total. The number of amides is 2. The SMILES string of the molecule is O=C1[C@H]2CCCC[C@@H]2C(=O)N1c1ccn(Cc2cccc3ccccc23)n1. The molecule has 27 heavy (non-hydrogen) atoms. The molecule has 5 nitrogen and oxygen atoms in total. The number of rotatable bonds is 3. The Morgan fingerprint density at radius 3 is 2.37 bits per heavy atom. The number of benzene rings is 2. The van der Waals surface area contributed by atoms with Crippen LogP contribution in [0, 0.1) is 11.8 Å². The number of aromatic nitrogens is 2. The summed E-state index contributed by atoms with van der Waals surface area (Å²) in [5.41, 5.74) is 1.16. The summed E-state index contributed by atoms with van der Waals surface area (Å²) in [6.07, 6.45) is 5.55. The molecule has 2 fully saturated rings. The molecule has 0 spiro atoms. The Morgan fingerprint density at radius 1 is 0.889 bits per heavy atom. The zero-order valence-corrected chi connectivity index (χ0v) is 15.0. The number of hydrogen-bond acceptors (Lipinski definition) is 3. The minimum absolute atomic E-state index is 0.0693. The second-order valence-corrected chi connectivity index (χ2v) is 7.52. The van der Waals surface area contributed by atoms with E-state index in [2.05, 4.69) is 29.4 Å². The summed E-state index contributed by atoms with van der Waals surface area (Å²) < 4.78 is 1.81. The first-order valence-corrected chi connectivity index (χ1v) is 9.60. The van der Waals surface area contributed by atoms with Crippen LogP contribution in [0.4, 0.5) is 5.82 Å². The van der Waals surface area contributed by atoms with Crippen molar-refractivity contribution in [2.75, 3.05) is 4.90 Å². The minimum atomic E-state index is -0.144. The maximum Gasteiger partial charge on any atom is 0.238 e. The van der Waals surface area contributed by atoms with E-state index in [9.17, 15) is 9.59 Å². The largest absolute Gasteiger partial charge is 0.274 e. The zero-order valence-electron chi connectivity index (χ0n) is 15.0. The van der Waals surface area contributed by atoms with E-state index in [-0.39, 0.29) is 23.7 Å². The highest BCUT2D eigenvalue weighted by atomic mass is 16.2. The van der Waals surface area contributed by atoms with Crippen molar-refractivity contribution in [2.45, 2.75) is 32.2 Å². The number of nitrogens with zero attached hydrogens (tertiary/aromatic N) is 3. The van der Waals surface area contributed by atoms with Gasteiger partial charge in [-0.25, -0.2) is 4.90 Å². The number of hydrogen-bond donors (Lipinski definition) is 0. The quantitative estimate of drug-likeness (QED) is 0.669. The van der Waals surface area contributed by atoms with Crippen molar-refractivity contribution in [3.63, 3.8) is 0 Å². The van der Waals surface area contributed by atoms with E-state index >= 15 is 0 Å². The molecule has 0 bridgehead atoms. The fourth-order valence-corrected chi connectivity index (χ4v) is 4.55. The van der Waals surface area contributed by atoms with Gasteiger partial charge in [-0.1, -0.05) is 55.3 Å². The van der Waals surface area contributed by atoms with E-state index in [4.69, 9.17) is 0 Å². The maximum absolute atomic E-state index is 12.7. The predicted molar refractivity (Wildman–Crippen MR) is 103 cm³/mol. The Labute approximate surface area is 157 Å². The van der Waals surface area contributed by atoms with Crippen molar-refractivity contribution in [3.8, 4) is 0 Å². The second kappa shape index (κ2) is 6.34. The third-order valence-electron chi connectivity index (χ3n) is 5.91. The molecule has 1 saturated carbocycles. The third-order valence-corrected chi connectivity index (χ3v) is 5.91. The van der Waals surface area contributed by atoms with Crippen LogP contribution in [0.2, 0.25) is 0 Å². The molecule has 3 aromatic rings. The Balaban J connectivity index is 1.43. The molecule has 1 saturated heterocycles. The van der Waals surface area contributed by atoms with Crippen LogP contribution in [0.3, 0.4) is 0 Å². The van der Waals surface area contributed by atoms with Crippen LogP contribution >= 0.6 is 0 Å². The van der Waals surface area contributed by atoms with Gasteiger partial charge in [0.2, 0.25) is 11.8 Å². The zero-order chi connectivity index (χ0) is 18.4. The highest BCUT2D eigenvalue weighted by Gasteiger charge is 2.49. The van der Waals surface area contributed by atoms with Crippen molar-refractivity contribution in [2.24, 2.45) is 11.8 Å². The topological polar surface area (TPSA) is 55.2 Å². The molecule has 2 amide bonds. The van der Waals surface area contributed by atoms with Crippen LogP contribution in [0.15, 0.2) is 54.7 Å². The van der Waals surface area contributed by atoms with Crippen molar-refractivity contribution >= 4 is 28.4 Å². The monoisotopic (exact) mass is 359 g/mol. The summed E-state index contributed by atoms with van der Waals surface area (Å²) in [6.45, 7) is 0.602.